The van der Waals surface area contributed by atoms with Gasteiger partial charge >= 0.3 is 6.03 Å². The highest BCUT2D eigenvalue weighted by atomic mass is 32.1. The van der Waals surface area contributed by atoms with Crippen LogP contribution in [0.15, 0.2) is 29.6 Å². The Bertz CT molecular complexity index is 998. The lowest BCUT2D eigenvalue weighted by Gasteiger charge is -2.37. The molecule has 1 aromatic carbocycles. The van der Waals surface area contributed by atoms with Gasteiger partial charge in [-0.25, -0.2) is 4.79 Å². The number of hydrogen-bond donors (Lipinski definition) is 1. The zero-order valence-electron chi connectivity index (χ0n) is 20.1. The number of rotatable bonds is 8. The number of nitrogens with one attached hydrogen (secondary N) is 1. The minimum Gasteiger partial charge on any atom is -0.491 e. The molecule has 178 valence electrons. The third-order valence-corrected chi connectivity index (χ3v) is 7.34. The Morgan fingerprint density at radius 2 is 2.03 bits per heavy atom. The van der Waals surface area contributed by atoms with Crippen molar-refractivity contribution < 1.29 is 14.3 Å². The van der Waals surface area contributed by atoms with Crippen molar-refractivity contribution in [2.75, 3.05) is 26.2 Å². The molecule has 0 saturated heterocycles. The normalized spacial score (nSPS) is 17.6. The average molecular weight is 470 g/mol. The summed E-state index contributed by atoms with van der Waals surface area (Å²) in [7, 11) is 0. The summed E-state index contributed by atoms with van der Waals surface area (Å²) in [6, 6.07) is 8.01. The van der Waals surface area contributed by atoms with Crippen molar-refractivity contribution in [3.8, 4) is 5.75 Å². The van der Waals surface area contributed by atoms with Crippen LogP contribution in [0.5, 0.6) is 5.75 Å². The Labute approximate surface area is 200 Å². The van der Waals surface area contributed by atoms with Crippen LogP contribution in [0.2, 0.25) is 0 Å². The summed E-state index contributed by atoms with van der Waals surface area (Å²) in [6.45, 7) is 9.80. The highest BCUT2D eigenvalue weighted by Gasteiger charge is 2.35. The van der Waals surface area contributed by atoms with Gasteiger partial charge in [0.1, 0.15) is 18.9 Å². The number of fused-ring (bicyclic) bond motifs is 1. The number of benzene rings is 1. The standard InChI is InChI=1S/C26H35N3O3S/c1-17(2)27-26(31)28(14-20-6-7-20)15-25(30)29-11-9-24-21(10-12-33-24)22(29)16-32-23-8-5-18(3)13-19(23)4/h5,8,10,12-13,17,20,22H,6-7,9,11,14-16H2,1-4H3,(H,27,31)/t22-/m1/s1. The van der Waals surface area contributed by atoms with Crippen LogP contribution < -0.4 is 10.1 Å². The van der Waals surface area contributed by atoms with Crippen molar-refractivity contribution in [3.05, 3.63) is 51.2 Å². The second-order valence-corrected chi connectivity index (χ2v) is 10.7. The minimum atomic E-state index is -0.151. The van der Waals surface area contributed by atoms with Gasteiger partial charge < -0.3 is 19.9 Å². The first-order valence-electron chi connectivity index (χ1n) is 11.9. The van der Waals surface area contributed by atoms with E-state index in [1.54, 1.807) is 16.2 Å². The summed E-state index contributed by atoms with van der Waals surface area (Å²) in [6.07, 6.45) is 3.11. The molecule has 2 heterocycles. The van der Waals surface area contributed by atoms with Crippen molar-refractivity contribution in [1.82, 2.24) is 15.1 Å². The number of thiophene rings is 1. The highest BCUT2D eigenvalue weighted by Crippen LogP contribution is 2.35. The fourth-order valence-corrected chi connectivity index (χ4v) is 5.36. The third-order valence-electron chi connectivity index (χ3n) is 6.34. The Balaban J connectivity index is 1.49. The second kappa shape index (κ2) is 10.2. The Morgan fingerprint density at radius 3 is 2.73 bits per heavy atom. The molecular formula is C26H35N3O3S. The molecule has 1 fully saturated rings. The Kier molecular flexibility index (Phi) is 7.27. The van der Waals surface area contributed by atoms with Crippen LogP contribution in [0, 0.1) is 19.8 Å². The number of nitrogens with zero attached hydrogens (tertiary/aromatic N) is 2. The van der Waals surface area contributed by atoms with Gasteiger partial charge in [-0.3, -0.25) is 4.79 Å². The molecule has 3 amide bonds. The highest BCUT2D eigenvalue weighted by molar-refractivity contribution is 7.10. The maximum atomic E-state index is 13.5. The summed E-state index contributed by atoms with van der Waals surface area (Å²) in [4.78, 5) is 31.2. The lowest BCUT2D eigenvalue weighted by atomic mass is 10.00. The van der Waals surface area contributed by atoms with Crippen LogP contribution >= 0.6 is 11.3 Å². The molecule has 4 rings (SSSR count). The van der Waals surface area contributed by atoms with E-state index >= 15 is 0 Å². The van der Waals surface area contributed by atoms with E-state index in [0.717, 1.165) is 30.6 Å². The van der Waals surface area contributed by atoms with Crippen molar-refractivity contribution in [2.45, 2.75) is 59.0 Å². The molecule has 1 atom stereocenters. The predicted octanol–water partition coefficient (Wildman–Crippen LogP) is 4.70. The molecule has 0 bridgehead atoms. The maximum Gasteiger partial charge on any atom is 0.318 e. The molecule has 6 nitrogen and oxygen atoms in total. The first-order valence-corrected chi connectivity index (χ1v) is 12.8. The van der Waals surface area contributed by atoms with Crippen LogP contribution in [0.25, 0.3) is 0 Å². The summed E-state index contributed by atoms with van der Waals surface area (Å²) < 4.78 is 6.24. The molecule has 1 aromatic heterocycles. The van der Waals surface area contributed by atoms with Gasteiger partial charge in [-0.2, -0.15) is 0 Å². The van der Waals surface area contributed by atoms with Gasteiger partial charge in [-0.05, 0) is 81.5 Å². The third kappa shape index (κ3) is 5.88. The fourth-order valence-electron chi connectivity index (χ4n) is 4.43. The van der Waals surface area contributed by atoms with E-state index in [4.69, 9.17) is 4.74 Å². The molecule has 33 heavy (non-hydrogen) atoms. The summed E-state index contributed by atoms with van der Waals surface area (Å²) in [5, 5.41) is 5.05. The lowest BCUT2D eigenvalue weighted by molar-refractivity contribution is -0.135. The summed E-state index contributed by atoms with van der Waals surface area (Å²) in [5.41, 5.74) is 3.46. The van der Waals surface area contributed by atoms with Gasteiger partial charge in [-0.1, -0.05) is 17.7 Å². The zero-order chi connectivity index (χ0) is 23.5. The SMILES string of the molecule is Cc1ccc(OC[C@@H]2c3ccsc3CCN2C(=O)CN(CC2CC2)C(=O)NC(C)C)c(C)c1. The minimum absolute atomic E-state index is 0.0133. The molecule has 1 aliphatic carbocycles. The number of amides is 3. The maximum absolute atomic E-state index is 13.5. The van der Waals surface area contributed by atoms with Crippen LogP contribution in [0.4, 0.5) is 4.79 Å². The first kappa shape index (κ1) is 23.6. The number of aryl methyl sites for hydroxylation is 2. The van der Waals surface area contributed by atoms with E-state index in [0.29, 0.717) is 25.6 Å². The van der Waals surface area contributed by atoms with Gasteiger partial charge in [-0.15, -0.1) is 11.3 Å². The van der Waals surface area contributed by atoms with E-state index < -0.39 is 0 Å². The molecule has 7 heteroatoms. The van der Waals surface area contributed by atoms with Gasteiger partial charge in [0.05, 0.1) is 6.04 Å². The smallest absolute Gasteiger partial charge is 0.318 e. The molecule has 0 unspecified atom stereocenters. The van der Waals surface area contributed by atoms with E-state index in [9.17, 15) is 9.59 Å². The summed E-state index contributed by atoms with van der Waals surface area (Å²) >= 11 is 1.74. The first-order chi connectivity index (χ1) is 15.8. The molecule has 2 aromatic rings. The largest absolute Gasteiger partial charge is 0.491 e. The van der Waals surface area contributed by atoms with Crippen molar-refractivity contribution in [2.24, 2.45) is 5.92 Å². The topological polar surface area (TPSA) is 61.9 Å². The van der Waals surface area contributed by atoms with Gasteiger partial charge in [0.15, 0.2) is 0 Å². The van der Waals surface area contributed by atoms with Gasteiger partial charge in [0.25, 0.3) is 0 Å². The number of ether oxygens (including phenoxy) is 1. The van der Waals surface area contributed by atoms with Crippen LogP contribution in [0.3, 0.4) is 0 Å². The number of hydrogen-bond acceptors (Lipinski definition) is 4. The van der Waals surface area contributed by atoms with Crippen LogP contribution in [-0.4, -0.2) is 54.0 Å². The van der Waals surface area contributed by atoms with Crippen molar-refractivity contribution in [1.29, 1.82) is 0 Å². The number of carbonyl (C=O) groups is 2. The predicted molar refractivity (Wildman–Crippen MR) is 132 cm³/mol. The molecule has 1 N–H and O–H groups in total. The quantitative estimate of drug-likeness (QED) is 0.610. The van der Waals surface area contributed by atoms with E-state index in [-0.39, 0.29) is 30.6 Å². The van der Waals surface area contributed by atoms with E-state index in [1.807, 2.05) is 37.8 Å². The second-order valence-electron chi connectivity index (χ2n) is 9.66. The molecule has 0 spiro atoms. The fraction of sp³-hybridized carbons (Fsp3) is 0.538. The van der Waals surface area contributed by atoms with Gasteiger partial charge in [0, 0.05) is 24.0 Å². The van der Waals surface area contributed by atoms with E-state index in [1.165, 1.54) is 16.0 Å². The number of urea groups is 1. The number of carbonyl (C=O) groups excluding carboxylic acids is 2. The van der Waals surface area contributed by atoms with Crippen molar-refractivity contribution >= 4 is 23.3 Å². The lowest BCUT2D eigenvalue weighted by Crippen LogP contribution is -2.51. The van der Waals surface area contributed by atoms with Crippen LogP contribution in [-0.2, 0) is 11.2 Å². The van der Waals surface area contributed by atoms with E-state index in [2.05, 4.69) is 29.8 Å². The zero-order valence-corrected chi connectivity index (χ0v) is 20.9. The summed E-state index contributed by atoms with van der Waals surface area (Å²) in [5.74, 6) is 1.35. The Hall–Kier alpha value is -2.54. The Morgan fingerprint density at radius 1 is 1.24 bits per heavy atom. The molecule has 2 aliphatic rings. The molecule has 1 saturated carbocycles. The monoisotopic (exact) mass is 469 g/mol. The molecule has 1 aliphatic heterocycles. The molecule has 0 radical (unpaired) electrons. The van der Waals surface area contributed by atoms with Gasteiger partial charge in [0.2, 0.25) is 5.91 Å². The average Bonchev–Trinajstić information content (AvgIpc) is 3.44. The van der Waals surface area contributed by atoms with Crippen LogP contribution in [0.1, 0.15) is 54.3 Å². The van der Waals surface area contributed by atoms with Crippen molar-refractivity contribution in [3.63, 3.8) is 0 Å². The molecular weight excluding hydrogens is 434 g/mol.